The molecule has 2 N–H and O–H groups in total. The number of methoxy groups -OCH3 is 3. The Balaban J connectivity index is 1.54. The standard InChI is InChI=1S/C32H37NO7/c1-18-29(32(36)40-22-8-6-5-7-9-22)30(20-11-12-26(37-2)24(34)15-20)31-23(33-18)14-21(16-25(31)35)19-10-13-27(38-3)28(17-19)39-4/h10-13,15,17,21-22,30,33-34H,5-9,14,16H2,1-4H3/t21-,30+/m1/s1. The van der Waals surface area contributed by atoms with Crippen LogP contribution in [0.1, 0.15) is 74.8 Å². The molecule has 1 aliphatic heterocycles. The lowest BCUT2D eigenvalue weighted by Crippen LogP contribution is -2.37. The third-order valence-electron chi connectivity index (χ3n) is 8.29. The average molecular weight is 548 g/mol. The van der Waals surface area contributed by atoms with E-state index in [1.54, 1.807) is 32.4 Å². The third kappa shape index (κ3) is 5.27. The van der Waals surface area contributed by atoms with Gasteiger partial charge >= 0.3 is 5.97 Å². The van der Waals surface area contributed by atoms with Crippen molar-refractivity contribution in [3.63, 3.8) is 0 Å². The summed E-state index contributed by atoms with van der Waals surface area (Å²) in [6, 6.07) is 10.8. The van der Waals surface area contributed by atoms with Crippen molar-refractivity contribution in [3.05, 3.63) is 70.1 Å². The molecule has 0 spiro atoms. The number of carbonyl (C=O) groups is 2. The molecule has 8 heteroatoms. The van der Waals surface area contributed by atoms with Gasteiger partial charge in [-0.3, -0.25) is 4.79 Å². The zero-order valence-electron chi connectivity index (χ0n) is 23.5. The van der Waals surface area contributed by atoms with Crippen molar-refractivity contribution in [1.29, 1.82) is 0 Å². The molecule has 5 rings (SSSR count). The van der Waals surface area contributed by atoms with Crippen molar-refractivity contribution < 1.29 is 33.6 Å². The molecule has 0 amide bonds. The Morgan fingerprint density at radius 3 is 2.23 bits per heavy atom. The van der Waals surface area contributed by atoms with Crippen LogP contribution < -0.4 is 19.5 Å². The van der Waals surface area contributed by atoms with Crippen molar-refractivity contribution in [1.82, 2.24) is 5.32 Å². The molecule has 3 aliphatic rings. The number of benzene rings is 2. The molecule has 1 fully saturated rings. The number of ketones is 1. The van der Waals surface area contributed by atoms with Crippen LogP contribution in [-0.4, -0.2) is 44.3 Å². The highest BCUT2D eigenvalue weighted by atomic mass is 16.5. The van der Waals surface area contributed by atoms with E-state index in [9.17, 15) is 14.7 Å². The van der Waals surface area contributed by atoms with Gasteiger partial charge in [0, 0.05) is 29.3 Å². The fourth-order valence-corrected chi connectivity index (χ4v) is 6.27. The largest absolute Gasteiger partial charge is 0.504 e. The Hall–Kier alpha value is -3.94. The second-order valence-electron chi connectivity index (χ2n) is 10.7. The number of phenolic OH excluding ortho intramolecular Hbond substituents is 1. The Bertz CT molecular complexity index is 1370. The van der Waals surface area contributed by atoms with Crippen molar-refractivity contribution in [2.45, 2.75) is 69.8 Å². The summed E-state index contributed by atoms with van der Waals surface area (Å²) in [5.74, 6) is 0.299. The van der Waals surface area contributed by atoms with Gasteiger partial charge in [-0.25, -0.2) is 4.79 Å². The van der Waals surface area contributed by atoms with Crippen LogP contribution in [0.3, 0.4) is 0 Å². The molecule has 2 aromatic carbocycles. The lowest BCUT2D eigenvalue weighted by atomic mass is 9.71. The fraction of sp³-hybridized carbons (Fsp3) is 0.438. The molecular formula is C32H37NO7. The quantitative estimate of drug-likeness (QED) is 0.429. The summed E-state index contributed by atoms with van der Waals surface area (Å²) >= 11 is 0. The molecule has 0 saturated heterocycles. The van der Waals surface area contributed by atoms with Crippen LogP contribution >= 0.6 is 0 Å². The van der Waals surface area contributed by atoms with E-state index in [4.69, 9.17) is 18.9 Å². The van der Waals surface area contributed by atoms with E-state index in [2.05, 4.69) is 5.32 Å². The first kappa shape index (κ1) is 27.6. The number of ether oxygens (including phenoxy) is 4. The molecule has 0 radical (unpaired) electrons. The summed E-state index contributed by atoms with van der Waals surface area (Å²) in [5, 5.41) is 14.0. The van der Waals surface area contributed by atoms with Crippen LogP contribution in [0.2, 0.25) is 0 Å². The molecule has 2 aromatic rings. The van der Waals surface area contributed by atoms with Gasteiger partial charge in [-0.05, 0) is 80.3 Å². The molecule has 0 bridgehead atoms. The SMILES string of the molecule is COc1ccc([C@H]2C(C(=O)OC3CCCCC3)=C(C)NC3=C2C(=O)C[C@H](c2ccc(OC)c(OC)c2)C3)cc1O. The minimum atomic E-state index is -0.664. The second kappa shape index (κ2) is 11.7. The van der Waals surface area contributed by atoms with E-state index < -0.39 is 11.9 Å². The molecule has 40 heavy (non-hydrogen) atoms. The summed E-state index contributed by atoms with van der Waals surface area (Å²) < 4.78 is 22.1. The van der Waals surface area contributed by atoms with E-state index in [1.165, 1.54) is 7.11 Å². The number of rotatable bonds is 7. The van der Waals surface area contributed by atoms with Crippen molar-refractivity contribution in [2.24, 2.45) is 0 Å². The van der Waals surface area contributed by atoms with E-state index in [1.807, 2.05) is 25.1 Å². The van der Waals surface area contributed by atoms with E-state index in [0.29, 0.717) is 46.1 Å². The minimum Gasteiger partial charge on any atom is -0.504 e. The third-order valence-corrected chi connectivity index (χ3v) is 8.29. The lowest BCUT2D eigenvalue weighted by molar-refractivity contribution is -0.146. The minimum absolute atomic E-state index is 0.0511. The number of aromatic hydroxyl groups is 1. The second-order valence-corrected chi connectivity index (χ2v) is 10.7. The number of carbonyl (C=O) groups excluding carboxylic acids is 2. The Kier molecular flexibility index (Phi) is 8.05. The zero-order chi connectivity index (χ0) is 28.4. The van der Waals surface area contributed by atoms with Crippen LogP contribution in [-0.2, 0) is 14.3 Å². The molecular weight excluding hydrogens is 510 g/mol. The van der Waals surface area contributed by atoms with E-state index >= 15 is 0 Å². The van der Waals surface area contributed by atoms with Crippen LogP contribution in [0.4, 0.5) is 0 Å². The topological polar surface area (TPSA) is 103 Å². The highest BCUT2D eigenvalue weighted by Crippen LogP contribution is 2.47. The highest BCUT2D eigenvalue weighted by Gasteiger charge is 2.42. The maximum Gasteiger partial charge on any atom is 0.337 e. The molecule has 1 heterocycles. The van der Waals surface area contributed by atoms with Crippen LogP contribution in [0.25, 0.3) is 0 Å². The van der Waals surface area contributed by atoms with Gasteiger partial charge in [0.05, 0.1) is 26.9 Å². The molecule has 0 unspecified atom stereocenters. The van der Waals surface area contributed by atoms with Crippen LogP contribution in [0, 0.1) is 0 Å². The Labute approximate surface area is 235 Å². The van der Waals surface area contributed by atoms with Crippen LogP contribution in [0.5, 0.6) is 23.0 Å². The summed E-state index contributed by atoms with van der Waals surface area (Å²) in [6.07, 6.45) is 5.65. The first-order valence-electron chi connectivity index (χ1n) is 13.9. The van der Waals surface area contributed by atoms with Gasteiger partial charge in [-0.1, -0.05) is 18.6 Å². The molecule has 0 aromatic heterocycles. The maximum absolute atomic E-state index is 13.9. The Morgan fingerprint density at radius 1 is 0.875 bits per heavy atom. The summed E-state index contributed by atoms with van der Waals surface area (Å²) in [4.78, 5) is 27.6. The fourth-order valence-electron chi connectivity index (χ4n) is 6.27. The molecule has 1 saturated carbocycles. The molecule has 2 aliphatic carbocycles. The van der Waals surface area contributed by atoms with Crippen LogP contribution in [0.15, 0.2) is 58.9 Å². The van der Waals surface area contributed by atoms with Gasteiger partial charge in [0.1, 0.15) is 6.10 Å². The summed E-state index contributed by atoms with van der Waals surface area (Å²) in [5.41, 5.74) is 4.00. The average Bonchev–Trinajstić information content (AvgIpc) is 2.96. The number of hydrogen-bond acceptors (Lipinski definition) is 8. The number of Topliss-reactive ketones (excluding diaryl/α,β-unsaturated/α-hetero) is 1. The predicted molar refractivity (Wildman–Crippen MR) is 150 cm³/mol. The number of hydrogen-bond donors (Lipinski definition) is 2. The van der Waals surface area contributed by atoms with E-state index in [0.717, 1.165) is 43.4 Å². The number of allylic oxidation sites excluding steroid dienone is 3. The lowest BCUT2D eigenvalue weighted by Gasteiger charge is -2.37. The van der Waals surface area contributed by atoms with Crippen molar-refractivity contribution in [2.75, 3.05) is 21.3 Å². The number of dihydropyridines is 1. The summed E-state index contributed by atoms with van der Waals surface area (Å²) in [6.45, 7) is 1.85. The summed E-state index contributed by atoms with van der Waals surface area (Å²) in [7, 11) is 4.66. The maximum atomic E-state index is 13.9. The monoisotopic (exact) mass is 547 g/mol. The number of nitrogens with one attached hydrogen (secondary N) is 1. The molecule has 2 atom stereocenters. The number of esters is 1. The van der Waals surface area contributed by atoms with Crippen molar-refractivity contribution >= 4 is 11.8 Å². The highest BCUT2D eigenvalue weighted by molar-refractivity contribution is 6.04. The van der Waals surface area contributed by atoms with Gasteiger partial charge in [0.25, 0.3) is 0 Å². The van der Waals surface area contributed by atoms with Gasteiger partial charge < -0.3 is 29.4 Å². The molecule has 8 nitrogen and oxygen atoms in total. The Morgan fingerprint density at radius 2 is 1.55 bits per heavy atom. The molecule has 212 valence electrons. The van der Waals surface area contributed by atoms with Gasteiger partial charge in [-0.2, -0.15) is 0 Å². The normalized spacial score (nSPS) is 21.4. The number of phenols is 1. The zero-order valence-corrected chi connectivity index (χ0v) is 23.5. The van der Waals surface area contributed by atoms with Gasteiger partial charge in [0.2, 0.25) is 0 Å². The smallest absolute Gasteiger partial charge is 0.337 e. The van der Waals surface area contributed by atoms with Gasteiger partial charge in [-0.15, -0.1) is 0 Å². The van der Waals surface area contributed by atoms with Gasteiger partial charge in [0.15, 0.2) is 28.8 Å². The first-order valence-corrected chi connectivity index (χ1v) is 13.9. The first-order chi connectivity index (χ1) is 19.3. The van der Waals surface area contributed by atoms with E-state index in [-0.39, 0.29) is 30.0 Å². The predicted octanol–water partition coefficient (Wildman–Crippen LogP) is 5.66. The van der Waals surface area contributed by atoms with Crippen molar-refractivity contribution in [3.8, 4) is 23.0 Å².